The molecule has 0 aromatic rings. The molecule has 0 amide bonds. The molecule has 1 aliphatic heterocycles. The summed E-state index contributed by atoms with van der Waals surface area (Å²) in [4.78, 5) is 0. The predicted octanol–water partition coefficient (Wildman–Crippen LogP) is 0.592. The minimum Gasteiger partial charge on any atom is -0.269 e. The highest BCUT2D eigenvalue weighted by atomic mass is 15.4. The third-order valence-corrected chi connectivity index (χ3v) is 1.69. The monoisotopic (exact) mass is 114 g/mol. The van der Waals surface area contributed by atoms with Crippen molar-refractivity contribution in [2.24, 2.45) is 11.8 Å². The van der Waals surface area contributed by atoms with Gasteiger partial charge in [0, 0.05) is 13.1 Å². The fraction of sp³-hybridized carbons (Fsp3) is 1.00. The maximum absolute atomic E-state index is 5.56. The maximum Gasteiger partial charge on any atom is 0.0154 e. The van der Waals surface area contributed by atoms with Crippen molar-refractivity contribution in [2.75, 3.05) is 13.1 Å². The minimum absolute atomic E-state index is 0.814. The predicted molar refractivity (Wildman–Crippen MR) is 34.2 cm³/mol. The van der Waals surface area contributed by atoms with E-state index in [1.807, 2.05) is 5.01 Å². The second kappa shape index (κ2) is 2.46. The van der Waals surface area contributed by atoms with Crippen LogP contribution in [-0.4, -0.2) is 18.1 Å². The van der Waals surface area contributed by atoms with Crippen molar-refractivity contribution in [1.29, 1.82) is 0 Å². The summed E-state index contributed by atoms with van der Waals surface area (Å²) < 4.78 is 0. The van der Waals surface area contributed by atoms with Crippen LogP contribution in [-0.2, 0) is 0 Å². The van der Waals surface area contributed by atoms with E-state index in [1.54, 1.807) is 0 Å². The minimum atomic E-state index is 0.814. The van der Waals surface area contributed by atoms with Crippen molar-refractivity contribution in [3.8, 4) is 0 Å². The molecule has 1 saturated heterocycles. The van der Waals surface area contributed by atoms with Gasteiger partial charge in [0.2, 0.25) is 0 Å². The van der Waals surface area contributed by atoms with Gasteiger partial charge >= 0.3 is 0 Å². The number of nitrogens with two attached hydrogens (primary N) is 1. The molecule has 2 nitrogen and oxygen atoms in total. The van der Waals surface area contributed by atoms with Crippen molar-refractivity contribution in [1.82, 2.24) is 5.01 Å². The second-order valence-corrected chi connectivity index (χ2v) is 2.74. The Morgan fingerprint density at radius 2 is 2.38 bits per heavy atom. The molecule has 1 aliphatic rings. The molecule has 2 heteroatoms. The van der Waals surface area contributed by atoms with Gasteiger partial charge in [0.05, 0.1) is 0 Å². The Kier molecular flexibility index (Phi) is 1.86. The van der Waals surface area contributed by atoms with Gasteiger partial charge in [0.1, 0.15) is 0 Å². The van der Waals surface area contributed by atoms with Gasteiger partial charge < -0.3 is 0 Å². The topological polar surface area (TPSA) is 29.3 Å². The van der Waals surface area contributed by atoms with Crippen LogP contribution in [0.15, 0.2) is 0 Å². The highest BCUT2D eigenvalue weighted by Crippen LogP contribution is 2.11. The van der Waals surface area contributed by atoms with Gasteiger partial charge in [-0.2, -0.15) is 0 Å². The average molecular weight is 114 g/mol. The van der Waals surface area contributed by atoms with E-state index in [4.69, 9.17) is 5.84 Å². The first-order valence-corrected chi connectivity index (χ1v) is 3.28. The summed E-state index contributed by atoms with van der Waals surface area (Å²) in [6.07, 6.45) is 2.63. The van der Waals surface area contributed by atoms with E-state index < -0.39 is 0 Å². The summed E-state index contributed by atoms with van der Waals surface area (Å²) in [5.74, 6) is 6.37. The van der Waals surface area contributed by atoms with E-state index >= 15 is 0 Å². The Balaban J connectivity index is 2.23. The second-order valence-electron chi connectivity index (χ2n) is 2.74. The zero-order chi connectivity index (χ0) is 5.98. The summed E-state index contributed by atoms with van der Waals surface area (Å²) >= 11 is 0. The van der Waals surface area contributed by atoms with Gasteiger partial charge in [-0.15, -0.1) is 0 Å². The zero-order valence-corrected chi connectivity index (χ0v) is 5.43. The Hall–Kier alpha value is -0.0800. The summed E-state index contributed by atoms with van der Waals surface area (Å²) in [6.45, 7) is 4.42. The summed E-state index contributed by atoms with van der Waals surface area (Å²) in [6, 6.07) is 0. The van der Waals surface area contributed by atoms with E-state index in [-0.39, 0.29) is 0 Å². The van der Waals surface area contributed by atoms with Crippen LogP contribution in [0.3, 0.4) is 0 Å². The van der Waals surface area contributed by atoms with Crippen LogP contribution in [0.5, 0.6) is 0 Å². The molecule has 0 unspecified atom stereocenters. The third kappa shape index (κ3) is 1.46. The molecule has 0 saturated carbocycles. The van der Waals surface area contributed by atoms with Crippen LogP contribution in [0, 0.1) is 5.92 Å². The highest BCUT2D eigenvalue weighted by Gasteiger charge is 2.11. The van der Waals surface area contributed by atoms with Gasteiger partial charge in [0.25, 0.3) is 0 Å². The first-order chi connectivity index (χ1) is 3.79. The Morgan fingerprint density at radius 1 is 1.62 bits per heavy atom. The van der Waals surface area contributed by atoms with Crippen molar-refractivity contribution in [3.63, 3.8) is 0 Å². The lowest BCUT2D eigenvalue weighted by atomic mass is 10.0. The van der Waals surface area contributed by atoms with Gasteiger partial charge in [-0.1, -0.05) is 6.92 Å². The van der Waals surface area contributed by atoms with E-state index in [0.717, 1.165) is 19.0 Å². The molecule has 1 atom stereocenters. The van der Waals surface area contributed by atoms with Gasteiger partial charge in [-0.3, -0.25) is 5.84 Å². The van der Waals surface area contributed by atoms with Crippen LogP contribution in [0.4, 0.5) is 0 Å². The Morgan fingerprint density at radius 3 is 2.75 bits per heavy atom. The quantitative estimate of drug-likeness (QED) is 0.467. The van der Waals surface area contributed by atoms with Crippen LogP contribution in [0.2, 0.25) is 0 Å². The van der Waals surface area contributed by atoms with Gasteiger partial charge in [0.15, 0.2) is 0 Å². The van der Waals surface area contributed by atoms with Gasteiger partial charge in [-0.05, 0) is 18.8 Å². The van der Waals surface area contributed by atoms with Crippen molar-refractivity contribution in [3.05, 3.63) is 0 Å². The number of hydrogen-bond donors (Lipinski definition) is 1. The van der Waals surface area contributed by atoms with Crippen molar-refractivity contribution < 1.29 is 0 Å². The molecule has 1 fully saturated rings. The first-order valence-electron chi connectivity index (χ1n) is 3.28. The number of rotatable bonds is 0. The summed E-state index contributed by atoms with van der Waals surface area (Å²) in [5, 5.41) is 1.91. The molecular formula is C6H14N2. The molecule has 0 radical (unpaired) electrons. The van der Waals surface area contributed by atoms with E-state index in [0.29, 0.717) is 0 Å². The van der Waals surface area contributed by atoms with E-state index in [1.165, 1.54) is 12.8 Å². The first kappa shape index (κ1) is 6.05. The van der Waals surface area contributed by atoms with Crippen LogP contribution in [0.1, 0.15) is 19.8 Å². The smallest absolute Gasteiger partial charge is 0.0154 e. The zero-order valence-electron chi connectivity index (χ0n) is 5.43. The number of piperidine rings is 1. The molecule has 8 heavy (non-hydrogen) atoms. The molecule has 0 aromatic heterocycles. The normalized spacial score (nSPS) is 33.0. The van der Waals surface area contributed by atoms with Crippen molar-refractivity contribution in [2.45, 2.75) is 19.8 Å². The lowest BCUT2D eigenvalue weighted by Crippen LogP contribution is -2.39. The fourth-order valence-electron chi connectivity index (χ4n) is 1.23. The maximum atomic E-state index is 5.56. The molecular weight excluding hydrogens is 100 g/mol. The van der Waals surface area contributed by atoms with Gasteiger partial charge in [-0.25, -0.2) is 5.01 Å². The molecule has 1 rings (SSSR count). The lowest BCUT2D eigenvalue weighted by Gasteiger charge is -2.26. The van der Waals surface area contributed by atoms with E-state index in [2.05, 4.69) is 6.92 Å². The largest absolute Gasteiger partial charge is 0.269 e. The van der Waals surface area contributed by atoms with E-state index in [9.17, 15) is 0 Å². The third-order valence-electron chi connectivity index (χ3n) is 1.69. The fourth-order valence-corrected chi connectivity index (χ4v) is 1.23. The van der Waals surface area contributed by atoms with Crippen LogP contribution < -0.4 is 5.84 Å². The van der Waals surface area contributed by atoms with Crippen LogP contribution >= 0.6 is 0 Å². The Bertz CT molecular complexity index is 64.9. The summed E-state index contributed by atoms with van der Waals surface area (Å²) in [7, 11) is 0. The Labute approximate surface area is 50.6 Å². The molecule has 0 aliphatic carbocycles. The highest BCUT2D eigenvalue weighted by molar-refractivity contribution is 4.64. The molecule has 0 aromatic carbocycles. The number of nitrogens with zero attached hydrogens (tertiary/aromatic N) is 1. The standard InChI is InChI=1S/C6H14N2/c1-6-3-2-4-8(7)5-6/h6H,2-5,7H2,1H3/t6-/m0/s1. The summed E-state index contributed by atoms with van der Waals surface area (Å²) in [5.41, 5.74) is 0. The van der Waals surface area contributed by atoms with Crippen molar-refractivity contribution >= 4 is 0 Å². The lowest BCUT2D eigenvalue weighted by molar-refractivity contribution is 0.188. The molecule has 0 bridgehead atoms. The average Bonchev–Trinajstić information content (AvgIpc) is 1.64. The number of hydrogen-bond acceptors (Lipinski definition) is 2. The molecule has 48 valence electrons. The molecule has 2 N–H and O–H groups in total. The van der Waals surface area contributed by atoms with Crippen LogP contribution in [0.25, 0.3) is 0 Å². The molecule has 1 heterocycles. The number of hydrazine groups is 1. The molecule has 0 spiro atoms. The SMILES string of the molecule is C[C@H]1CCCN(N)C1.